The molecule has 8 nitrogen and oxygen atoms in total. The van der Waals surface area contributed by atoms with E-state index >= 15 is 0 Å². The average molecular weight is 505 g/mol. The van der Waals surface area contributed by atoms with Gasteiger partial charge in [-0.3, -0.25) is 19.2 Å². The first-order valence-corrected chi connectivity index (χ1v) is 13.6. The third kappa shape index (κ3) is 4.48. The number of pyridine rings is 1. The number of benzene rings is 1. The molecule has 2 atom stereocenters. The van der Waals surface area contributed by atoms with Crippen molar-refractivity contribution in [2.24, 2.45) is 5.92 Å². The highest BCUT2D eigenvalue weighted by Crippen LogP contribution is 2.37. The molecule has 2 bridgehead atoms. The van der Waals surface area contributed by atoms with Crippen LogP contribution in [0, 0.1) is 5.92 Å². The molecular weight excluding hydrogens is 476 g/mol. The highest BCUT2D eigenvalue weighted by Gasteiger charge is 2.38. The minimum Gasteiger partial charge on any atom is -0.343 e. The van der Waals surface area contributed by atoms with Gasteiger partial charge in [-0.05, 0) is 61.6 Å². The van der Waals surface area contributed by atoms with E-state index < -0.39 is 10.0 Å². The second-order valence-electron chi connectivity index (χ2n) is 9.64. The van der Waals surface area contributed by atoms with Crippen LogP contribution in [-0.2, 0) is 21.4 Å². The monoisotopic (exact) mass is 504 g/mol. The number of sulfonamides is 1. The molecule has 2 saturated heterocycles. The number of hydrogen-bond acceptors (Lipinski definition) is 5. The second-order valence-corrected chi connectivity index (χ2v) is 11.8. The normalized spacial score (nSPS) is 23.4. The zero-order valence-electron chi connectivity index (χ0n) is 19.1. The summed E-state index contributed by atoms with van der Waals surface area (Å²) < 4.78 is 29.8. The van der Waals surface area contributed by atoms with Crippen molar-refractivity contribution >= 4 is 33.2 Å². The van der Waals surface area contributed by atoms with Crippen LogP contribution in [0.15, 0.2) is 46.1 Å². The van der Waals surface area contributed by atoms with Gasteiger partial charge in [0.1, 0.15) is 5.69 Å². The summed E-state index contributed by atoms with van der Waals surface area (Å²) in [4.78, 5) is 29.4. The molecule has 4 heterocycles. The highest BCUT2D eigenvalue weighted by molar-refractivity contribution is 7.92. The van der Waals surface area contributed by atoms with E-state index in [4.69, 9.17) is 11.6 Å². The third-order valence-electron chi connectivity index (χ3n) is 7.43. The van der Waals surface area contributed by atoms with Gasteiger partial charge in [-0.1, -0.05) is 11.6 Å². The maximum Gasteiger partial charge on any atom is 0.275 e. The molecule has 3 aliphatic heterocycles. The van der Waals surface area contributed by atoms with Crippen molar-refractivity contribution in [2.45, 2.75) is 49.6 Å². The van der Waals surface area contributed by atoms with Crippen LogP contribution < -0.4 is 10.3 Å². The smallest absolute Gasteiger partial charge is 0.275 e. The van der Waals surface area contributed by atoms with Gasteiger partial charge in [0, 0.05) is 62.3 Å². The maximum atomic E-state index is 13.3. The van der Waals surface area contributed by atoms with Crippen LogP contribution in [0.1, 0.15) is 37.8 Å². The van der Waals surface area contributed by atoms with E-state index in [-0.39, 0.29) is 28.0 Å². The molecule has 1 N–H and O–H groups in total. The summed E-state index contributed by atoms with van der Waals surface area (Å²) in [7, 11) is -3.89. The van der Waals surface area contributed by atoms with Crippen molar-refractivity contribution in [1.82, 2.24) is 14.4 Å². The van der Waals surface area contributed by atoms with Gasteiger partial charge >= 0.3 is 0 Å². The Labute approximate surface area is 204 Å². The summed E-state index contributed by atoms with van der Waals surface area (Å²) in [6, 6.07) is 9.79. The van der Waals surface area contributed by atoms with Gasteiger partial charge in [-0.2, -0.15) is 0 Å². The molecule has 10 heteroatoms. The Balaban J connectivity index is 1.34. The molecule has 1 aromatic carbocycles. The van der Waals surface area contributed by atoms with Crippen molar-refractivity contribution < 1.29 is 13.2 Å². The quantitative estimate of drug-likeness (QED) is 0.691. The number of amides is 1. The van der Waals surface area contributed by atoms with Gasteiger partial charge in [0.15, 0.2) is 0 Å². The lowest BCUT2D eigenvalue weighted by Gasteiger charge is -2.47. The Morgan fingerprint density at radius 1 is 1.03 bits per heavy atom. The molecule has 3 aliphatic rings. The van der Waals surface area contributed by atoms with E-state index in [9.17, 15) is 18.0 Å². The second kappa shape index (κ2) is 9.02. The lowest BCUT2D eigenvalue weighted by molar-refractivity contribution is -0.130. The number of anilines is 1. The summed E-state index contributed by atoms with van der Waals surface area (Å²) in [6.07, 6.45) is 3.01. The number of hydrogen-bond donors (Lipinski definition) is 1. The third-order valence-corrected chi connectivity index (χ3v) is 9.06. The average Bonchev–Trinajstić information content (AvgIpc) is 2.81. The van der Waals surface area contributed by atoms with Gasteiger partial charge in [0.2, 0.25) is 5.91 Å². The molecular formula is C24H29ClN4O4S. The number of likely N-dealkylation sites (tertiary alicyclic amines) is 2. The molecule has 0 radical (unpaired) electrons. The number of nitrogens with one attached hydrogen (secondary N) is 1. The van der Waals surface area contributed by atoms with Crippen LogP contribution in [0.25, 0.3) is 0 Å². The zero-order valence-corrected chi connectivity index (χ0v) is 20.7. The van der Waals surface area contributed by atoms with E-state index in [1.165, 1.54) is 24.3 Å². The topological polar surface area (TPSA) is 91.7 Å². The number of carbonyl (C=O) groups excluding carboxylic acids is 1. The van der Waals surface area contributed by atoms with E-state index in [0.29, 0.717) is 23.5 Å². The van der Waals surface area contributed by atoms with Gasteiger partial charge in [0.25, 0.3) is 15.6 Å². The minimum absolute atomic E-state index is 0.0577. The SMILES string of the molecule is CC(=O)N1CCC(N2CC3CC(C2)c2ccc(NS(=O)(=O)c4ccc(Cl)cc4)c(=O)n2C3)CC1. The molecule has 2 fully saturated rings. The van der Waals surface area contributed by atoms with Crippen LogP contribution in [0.5, 0.6) is 0 Å². The van der Waals surface area contributed by atoms with Crippen LogP contribution in [0.2, 0.25) is 5.02 Å². The Hall–Kier alpha value is -2.36. The molecule has 1 amide bonds. The summed E-state index contributed by atoms with van der Waals surface area (Å²) in [5.41, 5.74) is 0.738. The zero-order chi connectivity index (χ0) is 24.0. The highest BCUT2D eigenvalue weighted by atomic mass is 35.5. The lowest BCUT2D eigenvalue weighted by Crippen LogP contribution is -2.53. The molecule has 34 heavy (non-hydrogen) atoms. The number of rotatable bonds is 4. The largest absolute Gasteiger partial charge is 0.343 e. The predicted octanol–water partition coefficient (Wildman–Crippen LogP) is 2.73. The van der Waals surface area contributed by atoms with Crippen LogP contribution in [-0.4, -0.2) is 60.9 Å². The van der Waals surface area contributed by atoms with Gasteiger partial charge in [-0.25, -0.2) is 8.42 Å². The number of halogens is 1. The van der Waals surface area contributed by atoms with E-state index in [1.54, 1.807) is 17.6 Å². The van der Waals surface area contributed by atoms with Crippen molar-refractivity contribution in [3.05, 3.63) is 57.5 Å². The summed E-state index contributed by atoms with van der Waals surface area (Å²) in [5, 5.41) is 0.442. The van der Waals surface area contributed by atoms with Crippen LogP contribution in [0.4, 0.5) is 5.69 Å². The van der Waals surface area contributed by atoms with Gasteiger partial charge in [-0.15, -0.1) is 0 Å². The van der Waals surface area contributed by atoms with Gasteiger partial charge in [0.05, 0.1) is 4.90 Å². The van der Waals surface area contributed by atoms with E-state index in [1.807, 2.05) is 11.0 Å². The summed E-state index contributed by atoms with van der Waals surface area (Å²) in [6.45, 7) is 5.64. The fourth-order valence-electron chi connectivity index (χ4n) is 5.72. The maximum absolute atomic E-state index is 13.3. The number of carbonyl (C=O) groups is 1. The minimum atomic E-state index is -3.89. The molecule has 2 aromatic rings. The molecule has 2 unspecified atom stereocenters. The molecule has 0 aliphatic carbocycles. The molecule has 182 valence electrons. The molecule has 5 rings (SSSR count). The van der Waals surface area contributed by atoms with Crippen molar-refractivity contribution in [3.8, 4) is 0 Å². The Kier molecular flexibility index (Phi) is 6.20. The van der Waals surface area contributed by atoms with Crippen LogP contribution >= 0.6 is 11.6 Å². The van der Waals surface area contributed by atoms with E-state index in [0.717, 1.165) is 51.1 Å². The summed E-state index contributed by atoms with van der Waals surface area (Å²) >= 11 is 5.86. The Bertz CT molecular complexity index is 1250. The van der Waals surface area contributed by atoms with E-state index in [2.05, 4.69) is 9.62 Å². The Morgan fingerprint density at radius 2 is 1.74 bits per heavy atom. The molecule has 0 spiro atoms. The first-order valence-electron chi connectivity index (χ1n) is 11.7. The fourth-order valence-corrected chi connectivity index (χ4v) is 6.91. The standard InChI is InChI=1S/C24H29ClN4O4S/c1-16(30)27-10-8-20(9-11-27)28-13-17-12-18(15-28)23-7-6-22(24(31)29(23)14-17)26-34(32,33)21-4-2-19(25)3-5-21/h2-7,17-18,20,26H,8-15H2,1H3. The predicted molar refractivity (Wildman–Crippen MR) is 131 cm³/mol. The first kappa shape index (κ1) is 23.4. The summed E-state index contributed by atoms with van der Waals surface area (Å²) in [5.74, 6) is 0.732. The molecule has 0 saturated carbocycles. The Morgan fingerprint density at radius 3 is 2.41 bits per heavy atom. The number of nitrogens with zero attached hydrogens (tertiary/aromatic N) is 3. The first-order chi connectivity index (χ1) is 16.2. The van der Waals surface area contributed by atoms with Crippen molar-refractivity contribution in [3.63, 3.8) is 0 Å². The number of piperidine rings is 2. The lowest BCUT2D eigenvalue weighted by atomic mass is 9.82. The van der Waals surface area contributed by atoms with Crippen molar-refractivity contribution in [1.29, 1.82) is 0 Å². The molecule has 1 aromatic heterocycles. The number of fused-ring (bicyclic) bond motifs is 4. The van der Waals surface area contributed by atoms with Gasteiger partial charge < -0.3 is 9.47 Å². The number of aromatic nitrogens is 1. The van der Waals surface area contributed by atoms with Crippen LogP contribution in [0.3, 0.4) is 0 Å². The van der Waals surface area contributed by atoms with Crippen molar-refractivity contribution in [2.75, 3.05) is 30.9 Å². The fraction of sp³-hybridized carbons (Fsp3) is 0.500.